The van der Waals surface area contributed by atoms with Gasteiger partial charge in [-0.1, -0.05) is 6.07 Å². The molecule has 5 aromatic heterocycles. The number of aromatic nitrogens is 6. The van der Waals surface area contributed by atoms with E-state index in [4.69, 9.17) is 0 Å². The topological polar surface area (TPSA) is 89.6 Å². The third-order valence-electron chi connectivity index (χ3n) is 8.19. The molecule has 0 atom stereocenters. The van der Waals surface area contributed by atoms with Gasteiger partial charge in [-0.25, -0.2) is 4.39 Å². The molecule has 0 amide bonds. The number of nitrogens with one attached hydrogen (secondary N) is 2. The van der Waals surface area contributed by atoms with Gasteiger partial charge in [0.05, 0.1) is 46.7 Å². The third-order valence-corrected chi connectivity index (χ3v) is 8.19. The predicted molar refractivity (Wildman–Crippen MR) is 166 cm³/mol. The number of H-pyrrole nitrogens is 2. The fraction of sp³-hybridized carbons (Fsp3) is 0.273. The van der Waals surface area contributed by atoms with E-state index in [1.165, 1.54) is 25.9 Å². The van der Waals surface area contributed by atoms with Crippen molar-refractivity contribution >= 4 is 27.5 Å². The molecule has 0 aliphatic carbocycles. The summed E-state index contributed by atoms with van der Waals surface area (Å²) in [5.74, 6) is -0.220. The molecule has 1 aliphatic rings. The lowest BCUT2D eigenvalue weighted by Gasteiger charge is -2.14. The van der Waals surface area contributed by atoms with Gasteiger partial charge in [0.2, 0.25) is 0 Å². The first-order chi connectivity index (χ1) is 20.5. The molecule has 0 unspecified atom stereocenters. The number of anilines is 1. The Morgan fingerprint density at radius 3 is 2.57 bits per heavy atom. The molecule has 8 nitrogen and oxygen atoms in total. The van der Waals surface area contributed by atoms with Crippen LogP contribution in [-0.4, -0.2) is 68.8 Å². The summed E-state index contributed by atoms with van der Waals surface area (Å²) in [5, 5.41) is 9.67. The first-order valence-electron chi connectivity index (χ1n) is 14.5. The fourth-order valence-corrected chi connectivity index (χ4v) is 5.96. The van der Waals surface area contributed by atoms with Gasteiger partial charge in [0.1, 0.15) is 11.5 Å². The maximum absolute atomic E-state index is 14.8. The van der Waals surface area contributed by atoms with Crippen molar-refractivity contribution < 1.29 is 4.39 Å². The average Bonchev–Trinajstić information content (AvgIpc) is 3.76. The highest BCUT2D eigenvalue weighted by Gasteiger charge is 2.17. The normalized spacial score (nSPS) is 13.9. The maximum Gasteiger partial charge on any atom is 0.124 e. The Labute approximate surface area is 243 Å². The minimum atomic E-state index is -0.220. The summed E-state index contributed by atoms with van der Waals surface area (Å²) in [6.45, 7) is 3.43. The SMILES string of the molecule is CN(C)c1cncc(-c2cc3c(-c4cc5c(-c6cc(F)cc(CCCN7CCCC7)c6)cncc5[nH]4)n[nH]c3cn2)c1. The van der Waals surface area contributed by atoms with Crippen LogP contribution >= 0.6 is 0 Å². The smallest absolute Gasteiger partial charge is 0.124 e. The summed E-state index contributed by atoms with van der Waals surface area (Å²) in [7, 11) is 3.98. The molecule has 212 valence electrons. The molecule has 0 saturated carbocycles. The summed E-state index contributed by atoms with van der Waals surface area (Å²) in [6, 6.07) is 11.6. The largest absolute Gasteiger partial charge is 0.376 e. The van der Waals surface area contributed by atoms with Crippen molar-refractivity contribution in [1.82, 2.24) is 35.0 Å². The van der Waals surface area contributed by atoms with E-state index in [9.17, 15) is 4.39 Å². The van der Waals surface area contributed by atoms with Crippen LogP contribution < -0.4 is 4.90 Å². The molecule has 6 aromatic rings. The minimum Gasteiger partial charge on any atom is -0.376 e. The second-order valence-electron chi connectivity index (χ2n) is 11.3. The van der Waals surface area contributed by atoms with E-state index in [1.54, 1.807) is 24.5 Å². The van der Waals surface area contributed by atoms with E-state index in [0.717, 1.165) is 86.2 Å². The van der Waals surface area contributed by atoms with Crippen molar-refractivity contribution in [2.45, 2.75) is 25.7 Å². The van der Waals surface area contributed by atoms with Gasteiger partial charge in [-0.15, -0.1) is 0 Å². The number of benzene rings is 1. The van der Waals surface area contributed by atoms with Crippen LogP contribution in [0.15, 0.2) is 67.4 Å². The highest BCUT2D eigenvalue weighted by atomic mass is 19.1. The number of pyridine rings is 3. The molecule has 1 fully saturated rings. The lowest BCUT2D eigenvalue weighted by atomic mass is 9.99. The van der Waals surface area contributed by atoms with Gasteiger partial charge in [0.15, 0.2) is 0 Å². The Hall–Kier alpha value is -4.63. The van der Waals surface area contributed by atoms with Crippen molar-refractivity contribution in [1.29, 1.82) is 0 Å². The number of hydrogen-bond donors (Lipinski definition) is 2. The average molecular weight is 561 g/mol. The molecule has 1 saturated heterocycles. The van der Waals surface area contributed by atoms with Gasteiger partial charge in [0, 0.05) is 48.4 Å². The molecular weight excluding hydrogens is 527 g/mol. The van der Waals surface area contributed by atoms with E-state index < -0.39 is 0 Å². The predicted octanol–water partition coefficient (Wildman–Crippen LogP) is 6.46. The second-order valence-corrected chi connectivity index (χ2v) is 11.3. The van der Waals surface area contributed by atoms with Crippen molar-refractivity contribution in [3.8, 4) is 33.8 Å². The number of nitrogens with zero attached hydrogens (tertiary/aromatic N) is 6. The number of hydrogen-bond acceptors (Lipinski definition) is 6. The van der Waals surface area contributed by atoms with Crippen molar-refractivity contribution in [2.75, 3.05) is 38.6 Å². The number of likely N-dealkylation sites (tertiary alicyclic amines) is 1. The summed E-state index contributed by atoms with van der Waals surface area (Å²) >= 11 is 0. The fourth-order valence-electron chi connectivity index (χ4n) is 5.96. The van der Waals surface area contributed by atoms with Crippen LogP contribution in [0.1, 0.15) is 24.8 Å². The third kappa shape index (κ3) is 5.12. The maximum atomic E-state index is 14.8. The van der Waals surface area contributed by atoms with Crippen molar-refractivity contribution in [2.24, 2.45) is 0 Å². The lowest BCUT2D eigenvalue weighted by Crippen LogP contribution is -2.20. The monoisotopic (exact) mass is 560 g/mol. The second kappa shape index (κ2) is 11.0. The van der Waals surface area contributed by atoms with Gasteiger partial charge < -0.3 is 14.8 Å². The number of fused-ring (bicyclic) bond motifs is 2. The summed E-state index contributed by atoms with van der Waals surface area (Å²) in [4.78, 5) is 21.6. The zero-order chi connectivity index (χ0) is 28.6. The molecule has 6 heterocycles. The van der Waals surface area contributed by atoms with Crippen molar-refractivity contribution in [3.63, 3.8) is 0 Å². The molecule has 0 radical (unpaired) electrons. The number of rotatable bonds is 8. The number of aryl methyl sites for hydroxylation is 1. The molecule has 1 aliphatic heterocycles. The minimum absolute atomic E-state index is 0.220. The van der Waals surface area contributed by atoms with E-state index in [0.29, 0.717) is 0 Å². The number of halogens is 1. The Kier molecular flexibility index (Phi) is 6.87. The summed E-state index contributed by atoms with van der Waals surface area (Å²) < 4.78 is 14.8. The quantitative estimate of drug-likeness (QED) is 0.222. The van der Waals surface area contributed by atoms with E-state index in [2.05, 4.69) is 53.2 Å². The van der Waals surface area contributed by atoms with Crippen LogP contribution in [-0.2, 0) is 6.42 Å². The Morgan fingerprint density at radius 1 is 0.857 bits per heavy atom. The zero-order valence-corrected chi connectivity index (χ0v) is 23.9. The molecule has 2 N–H and O–H groups in total. The van der Waals surface area contributed by atoms with Crippen LogP contribution in [0.5, 0.6) is 0 Å². The summed E-state index contributed by atoms with van der Waals surface area (Å²) in [5.41, 5.74) is 8.84. The van der Waals surface area contributed by atoms with Crippen LogP contribution in [0, 0.1) is 5.82 Å². The van der Waals surface area contributed by atoms with Crippen LogP contribution in [0.25, 0.3) is 55.6 Å². The van der Waals surface area contributed by atoms with Crippen molar-refractivity contribution in [3.05, 3.63) is 78.8 Å². The highest BCUT2D eigenvalue weighted by molar-refractivity contribution is 6.01. The van der Waals surface area contributed by atoms with Crippen LogP contribution in [0.4, 0.5) is 10.1 Å². The molecule has 9 heteroatoms. The van der Waals surface area contributed by atoms with Gasteiger partial charge in [0.25, 0.3) is 0 Å². The summed E-state index contributed by atoms with van der Waals surface area (Å²) in [6.07, 6.45) is 13.5. The molecule has 0 spiro atoms. The molecule has 42 heavy (non-hydrogen) atoms. The van der Waals surface area contributed by atoms with Gasteiger partial charge in [-0.3, -0.25) is 20.1 Å². The zero-order valence-electron chi connectivity index (χ0n) is 23.9. The van der Waals surface area contributed by atoms with E-state index >= 15 is 0 Å². The van der Waals surface area contributed by atoms with E-state index in [1.807, 2.05) is 43.7 Å². The molecule has 0 bridgehead atoms. The molecule has 7 rings (SSSR count). The highest BCUT2D eigenvalue weighted by Crippen LogP contribution is 2.35. The first-order valence-corrected chi connectivity index (χ1v) is 14.5. The Bertz CT molecular complexity index is 1880. The standard InChI is InChI=1S/C33H33FN8/c1-41(2)25-13-23(16-35-17-25)29-15-27-32(20-37-29)39-40-33(27)30-14-26-28(18-36-19-31(26)38-30)22-10-21(11-24(34)12-22)6-5-9-42-7-3-4-8-42/h10-20,38H,3-9H2,1-2H3,(H,39,40). The molecular formula is C33H33FN8. The van der Waals surface area contributed by atoms with Gasteiger partial charge in [-0.05, 0) is 86.8 Å². The molecule has 1 aromatic carbocycles. The lowest BCUT2D eigenvalue weighted by molar-refractivity contribution is 0.334. The van der Waals surface area contributed by atoms with Gasteiger partial charge >= 0.3 is 0 Å². The first kappa shape index (κ1) is 26.3. The number of aromatic amines is 2. The Morgan fingerprint density at radius 2 is 1.71 bits per heavy atom. The van der Waals surface area contributed by atoms with Crippen LogP contribution in [0.3, 0.4) is 0 Å². The van der Waals surface area contributed by atoms with E-state index in [-0.39, 0.29) is 5.82 Å². The van der Waals surface area contributed by atoms with Crippen LogP contribution in [0.2, 0.25) is 0 Å². The Balaban J connectivity index is 1.22. The van der Waals surface area contributed by atoms with Gasteiger partial charge in [-0.2, -0.15) is 5.10 Å².